The van der Waals surface area contributed by atoms with E-state index in [1.54, 1.807) is 67.8 Å². The zero-order valence-corrected chi connectivity index (χ0v) is 34.6. The second-order valence-electron chi connectivity index (χ2n) is 10.4. The Bertz CT molecular complexity index is 2000. The minimum absolute atomic E-state index is 0. The summed E-state index contributed by atoms with van der Waals surface area (Å²) in [7, 11) is 1.87. The fourth-order valence-corrected chi connectivity index (χ4v) is 4.41. The molecule has 12 heteroatoms. The summed E-state index contributed by atoms with van der Waals surface area (Å²) in [6.45, 7) is 2.00. The Morgan fingerprint density at radius 2 is 0.846 bits per heavy atom. The Kier molecular flexibility index (Phi) is 20.3. The van der Waals surface area contributed by atoms with Gasteiger partial charge in [-0.3, -0.25) is 9.59 Å². The van der Waals surface area contributed by atoms with Crippen LogP contribution in [0.2, 0.25) is 0 Å². The van der Waals surface area contributed by atoms with Gasteiger partial charge in [-0.1, -0.05) is 53.8 Å². The number of rotatable bonds is 9. The number of carbonyl (C=O) groups excluding carboxylic acids is 2. The van der Waals surface area contributed by atoms with Gasteiger partial charge in [-0.05, 0) is 124 Å². The summed E-state index contributed by atoms with van der Waals surface area (Å²) in [5.41, 5.74) is 3.37. The molecule has 0 aliphatic carbocycles. The molecule has 0 saturated heterocycles. The van der Waals surface area contributed by atoms with Crippen molar-refractivity contribution < 1.29 is 97.1 Å². The average molecular weight is 756 g/mol. The van der Waals surface area contributed by atoms with Crippen molar-refractivity contribution in [1.29, 1.82) is 1.28 Å². The minimum atomic E-state index is -0.380. The monoisotopic (exact) mass is 755 g/mol. The van der Waals surface area contributed by atoms with Crippen molar-refractivity contribution in [2.24, 2.45) is 0 Å². The summed E-state index contributed by atoms with van der Waals surface area (Å²) in [4.78, 5) is 24.7. The fourth-order valence-electron chi connectivity index (χ4n) is 4.41. The van der Waals surface area contributed by atoms with Crippen LogP contribution in [0, 0.1) is 12.7 Å². The van der Waals surface area contributed by atoms with Crippen LogP contribution in [0.3, 0.4) is 0 Å². The van der Waals surface area contributed by atoms with Gasteiger partial charge in [-0.25, -0.2) is 4.39 Å². The van der Waals surface area contributed by atoms with Gasteiger partial charge in [0.1, 0.15) is 35.8 Å². The molecule has 0 aromatic heterocycles. The molecule has 0 N–H and O–H groups in total. The Morgan fingerprint density at radius 1 is 0.577 bits per heavy atom. The molecule has 0 fully saturated rings. The van der Waals surface area contributed by atoms with Crippen LogP contribution in [-0.2, 0) is 11.8 Å². The number of benzene rings is 6. The standard InChI is InChI=1S/C21H18O3.C19H13FO3.FH.2Na.HPS/c1-15-3-5-16(6-4-15)21(22)17-7-9-19(10-8-17)24-20-13-11-18(23-2)12-14-20;20-15-5-1-13(2-6-15)19(22)14-3-9-17(10-4-14)23-18-11-7-16(21)8-12-18;;;;1-2/h3-14H,1-2H3;1-12,21H;1H;;;1H/q;;;2*+1;/p-2/i;;;;;1D. The number of halogens is 2. The number of ketones is 2. The maximum absolute atomic E-state index is 12.9. The SMILES string of the molecule is COc1ccc(Oc2ccc(C(=O)c3ccc(C)cc3)cc2)cc1.O=C(c1ccc(F)cc1)c1ccc(Oc2ccc([O-])cc2)cc1.[2H]P=S.[F-].[Na+].[Na+]. The van der Waals surface area contributed by atoms with E-state index in [1.807, 2.05) is 55.5 Å². The summed E-state index contributed by atoms with van der Waals surface area (Å²) >= 11 is 4.03. The molecule has 0 unspecified atom stereocenters. The molecule has 6 nitrogen and oxygen atoms in total. The van der Waals surface area contributed by atoms with E-state index in [0.717, 1.165) is 11.3 Å². The summed E-state index contributed by atoms with van der Waals surface area (Å²) in [5.74, 6) is 2.63. The van der Waals surface area contributed by atoms with E-state index in [2.05, 4.69) is 11.8 Å². The predicted octanol–water partition coefficient (Wildman–Crippen LogP) is 0.553. The molecule has 0 spiro atoms. The molecule has 6 rings (SSSR count). The molecule has 0 amide bonds. The van der Waals surface area contributed by atoms with Crippen LogP contribution in [0.25, 0.3) is 0 Å². The number of ether oxygens (including phenoxy) is 3. The first-order valence-corrected chi connectivity index (χ1v) is 16.3. The van der Waals surface area contributed by atoms with Crippen molar-refractivity contribution in [1.82, 2.24) is 0 Å². The van der Waals surface area contributed by atoms with Crippen LogP contribution in [-0.4, -0.2) is 20.0 Å². The van der Waals surface area contributed by atoms with Crippen molar-refractivity contribution in [2.75, 3.05) is 7.11 Å². The first-order valence-electron chi connectivity index (χ1n) is 15.3. The van der Waals surface area contributed by atoms with Gasteiger partial charge in [0.05, 0.1) is 7.11 Å². The number of carbonyl (C=O) groups is 2. The number of methoxy groups -OCH3 is 1. The second-order valence-corrected chi connectivity index (χ2v) is 10.4. The van der Waals surface area contributed by atoms with Crippen molar-refractivity contribution in [2.45, 2.75) is 6.92 Å². The molecule has 0 heterocycles. The molecular weight excluding hydrogens is 723 g/mol. The zero-order chi connectivity index (χ0) is 35.9. The van der Waals surface area contributed by atoms with Gasteiger partial charge in [-0.2, -0.15) is 0 Å². The van der Waals surface area contributed by atoms with E-state index in [1.165, 1.54) is 36.4 Å². The fraction of sp³-hybridized carbons (Fsp3) is 0.0500. The van der Waals surface area contributed by atoms with Crippen LogP contribution in [0.5, 0.6) is 34.5 Å². The Morgan fingerprint density at radius 3 is 1.19 bits per heavy atom. The molecule has 254 valence electrons. The van der Waals surface area contributed by atoms with E-state index in [9.17, 15) is 19.1 Å². The summed E-state index contributed by atoms with van der Waals surface area (Å²) < 4.78 is 35.4. The van der Waals surface area contributed by atoms with Crippen LogP contribution >= 0.6 is 7.96 Å². The predicted molar refractivity (Wildman–Crippen MR) is 192 cm³/mol. The van der Waals surface area contributed by atoms with Crippen LogP contribution < -0.4 is 83.1 Å². The molecular formula is C40H31F2Na2O6PS. The molecule has 0 atom stereocenters. The number of hydrogen-bond acceptors (Lipinski definition) is 7. The van der Waals surface area contributed by atoms with E-state index in [4.69, 9.17) is 15.5 Å². The first-order chi connectivity index (χ1) is 24.2. The summed E-state index contributed by atoms with van der Waals surface area (Å²) in [6, 6.07) is 40.1. The van der Waals surface area contributed by atoms with Gasteiger partial charge in [0, 0.05) is 22.3 Å². The molecule has 0 bridgehead atoms. The van der Waals surface area contributed by atoms with Gasteiger partial charge in [-0.15, -0.1) is 5.75 Å². The molecule has 6 aromatic rings. The van der Waals surface area contributed by atoms with Gasteiger partial charge >= 0.3 is 59.1 Å². The van der Waals surface area contributed by atoms with Gasteiger partial charge < -0.3 is 24.0 Å². The third-order valence-electron chi connectivity index (χ3n) is 7.01. The van der Waals surface area contributed by atoms with Gasteiger partial charge in [0.25, 0.3) is 0 Å². The van der Waals surface area contributed by atoms with E-state index in [-0.39, 0.29) is 94.9 Å². The Balaban J connectivity index is 0.000000469. The molecule has 0 radical (unpaired) electrons. The largest absolute Gasteiger partial charge is 1.00 e. The van der Waals surface area contributed by atoms with Crippen molar-refractivity contribution in [3.8, 4) is 34.5 Å². The number of aryl methyl sites for hydroxylation is 1. The van der Waals surface area contributed by atoms with Crippen LogP contribution in [0.4, 0.5) is 4.39 Å². The summed E-state index contributed by atoms with van der Waals surface area (Å²) in [5, 5.41) is 11.0. The van der Waals surface area contributed by atoms with Crippen molar-refractivity contribution in [3.05, 3.63) is 179 Å². The average Bonchev–Trinajstić information content (AvgIpc) is 3.14. The maximum atomic E-state index is 12.9. The van der Waals surface area contributed by atoms with Crippen molar-refractivity contribution in [3.63, 3.8) is 0 Å². The third kappa shape index (κ3) is 14.0. The summed E-state index contributed by atoms with van der Waals surface area (Å²) in [6.07, 6.45) is 0. The van der Waals surface area contributed by atoms with E-state index in [0.29, 0.717) is 45.3 Å². The molecule has 0 saturated carbocycles. The first kappa shape index (κ1) is 44.4. The molecule has 6 aromatic carbocycles. The second kappa shape index (κ2) is 23.7. The van der Waals surface area contributed by atoms with E-state index >= 15 is 0 Å². The third-order valence-corrected chi connectivity index (χ3v) is 7.01. The molecule has 52 heavy (non-hydrogen) atoms. The number of hydrogen-bond donors (Lipinski definition) is 0. The van der Waals surface area contributed by atoms with Gasteiger partial charge in [0.15, 0.2) is 11.6 Å². The zero-order valence-electron chi connectivity index (χ0n) is 29.9. The maximum Gasteiger partial charge on any atom is 1.00 e. The van der Waals surface area contributed by atoms with Crippen molar-refractivity contribution >= 4 is 31.3 Å². The van der Waals surface area contributed by atoms with E-state index < -0.39 is 0 Å². The van der Waals surface area contributed by atoms with Gasteiger partial charge in [0.2, 0.25) is 0 Å². The minimum Gasteiger partial charge on any atom is -1.00 e. The topological polar surface area (TPSA) is 84.9 Å². The van der Waals surface area contributed by atoms with Crippen LogP contribution in [0.15, 0.2) is 146 Å². The Hall–Kier alpha value is -3.76. The quantitative estimate of drug-likeness (QED) is 0.121. The Labute approximate surface area is 354 Å². The smallest absolute Gasteiger partial charge is 1.00 e. The normalized spacial score (nSPS) is 9.71. The molecule has 0 aliphatic heterocycles. The molecule has 0 aliphatic rings. The van der Waals surface area contributed by atoms with Crippen LogP contribution in [0.1, 0.15) is 37.4 Å².